The van der Waals surface area contributed by atoms with Crippen molar-refractivity contribution in [1.29, 1.82) is 0 Å². The van der Waals surface area contributed by atoms with Crippen LogP contribution in [0.3, 0.4) is 0 Å². The first kappa shape index (κ1) is 25.4. The van der Waals surface area contributed by atoms with E-state index in [4.69, 9.17) is 23.2 Å². The van der Waals surface area contributed by atoms with Crippen molar-refractivity contribution in [2.24, 2.45) is 0 Å². The molecule has 0 aliphatic heterocycles. The van der Waals surface area contributed by atoms with Gasteiger partial charge in [-0.05, 0) is 41.8 Å². The first-order valence-corrected chi connectivity index (χ1v) is 11.8. The van der Waals surface area contributed by atoms with Crippen LogP contribution in [0.4, 0.5) is 0 Å². The molecule has 184 valence electrons. The maximum atomic E-state index is 13.1. The van der Waals surface area contributed by atoms with Crippen molar-refractivity contribution in [2.45, 2.75) is 19.1 Å². The smallest absolute Gasteiger partial charge is 0.352 e. The molecule has 0 radical (unpaired) electrons. The van der Waals surface area contributed by atoms with Gasteiger partial charge in [0.2, 0.25) is 0 Å². The van der Waals surface area contributed by atoms with Crippen molar-refractivity contribution in [3.63, 3.8) is 0 Å². The quantitative estimate of drug-likeness (QED) is 0.367. The lowest BCUT2D eigenvalue weighted by Crippen LogP contribution is -2.41. The van der Waals surface area contributed by atoms with Crippen LogP contribution in [0, 0.1) is 0 Å². The highest BCUT2D eigenvalue weighted by Gasteiger charge is 2.17. The van der Waals surface area contributed by atoms with E-state index >= 15 is 0 Å². The van der Waals surface area contributed by atoms with Gasteiger partial charge in [-0.25, -0.2) is 4.79 Å². The lowest BCUT2D eigenvalue weighted by molar-refractivity contribution is 0.0954. The van der Waals surface area contributed by atoms with Crippen LogP contribution in [0.1, 0.15) is 27.6 Å². The standard InChI is InChI=1S/C26H22Cl2N4O4/c27-21-9-5-4-6-17(21)12-13-29-25(35)20-14-19(10-11-22(20)28)32-26(36)31(24(34)15-30-32)16-23(33)18-7-2-1-3-8-18/h1-11,14-15,23,33H,12-13,16H2,(H,29,35). The first-order chi connectivity index (χ1) is 17.3. The third-order valence-corrected chi connectivity index (χ3v) is 6.28. The fraction of sp³-hybridized carbons (Fsp3) is 0.154. The van der Waals surface area contributed by atoms with Crippen LogP contribution in [0.5, 0.6) is 0 Å². The highest BCUT2D eigenvalue weighted by molar-refractivity contribution is 6.34. The monoisotopic (exact) mass is 524 g/mol. The normalized spacial score (nSPS) is 11.8. The Kier molecular flexibility index (Phi) is 8.00. The molecule has 10 heteroatoms. The van der Waals surface area contributed by atoms with E-state index in [2.05, 4.69) is 10.4 Å². The van der Waals surface area contributed by atoms with E-state index in [1.54, 1.807) is 36.4 Å². The highest BCUT2D eigenvalue weighted by Crippen LogP contribution is 2.20. The van der Waals surface area contributed by atoms with Crippen LogP contribution in [0.15, 0.2) is 88.6 Å². The number of hydrogen-bond donors (Lipinski definition) is 2. The molecule has 0 saturated carbocycles. The van der Waals surface area contributed by atoms with Crippen LogP contribution < -0.4 is 16.6 Å². The van der Waals surface area contributed by atoms with Crippen LogP contribution >= 0.6 is 23.2 Å². The summed E-state index contributed by atoms with van der Waals surface area (Å²) in [5, 5.41) is 18.0. The second kappa shape index (κ2) is 11.3. The van der Waals surface area contributed by atoms with E-state index in [1.165, 1.54) is 18.2 Å². The Hall–Kier alpha value is -3.72. The minimum absolute atomic E-state index is 0.143. The van der Waals surface area contributed by atoms with E-state index in [1.807, 2.05) is 18.2 Å². The molecular weight excluding hydrogens is 503 g/mol. The molecule has 2 N–H and O–H groups in total. The summed E-state index contributed by atoms with van der Waals surface area (Å²) in [5.41, 5.74) is 0.430. The molecule has 0 fully saturated rings. The number of benzene rings is 3. The molecule has 3 aromatic carbocycles. The second-order valence-electron chi connectivity index (χ2n) is 7.98. The molecule has 36 heavy (non-hydrogen) atoms. The number of rotatable bonds is 8. The van der Waals surface area contributed by atoms with Gasteiger partial charge in [-0.2, -0.15) is 9.78 Å². The number of aromatic nitrogens is 3. The van der Waals surface area contributed by atoms with Crippen molar-refractivity contribution in [1.82, 2.24) is 19.7 Å². The number of halogens is 2. The van der Waals surface area contributed by atoms with Gasteiger partial charge < -0.3 is 10.4 Å². The summed E-state index contributed by atoms with van der Waals surface area (Å²) in [6.07, 6.45) is 0.437. The van der Waals surface area contributed by atoms with E-state index < -0.39 is 23.3 Å². The van der Waals surface area contributed by atoms with Crippen molar-refractivity contribution < 1.29 is 9.90 Å². The van der Waals surface area contributed by atoms with Crippen LogP contribution in [0.25, 0.3) is 5.69 Å². The molecule has 1 unspecified atom stereocenters. The lowest BCUT2D eigenvalue weighted by atomic mass is 10.1. The number of carbonyl (C=O) groups excluding carboxylic acids is 1. The predicted octanol–water partition coefficient (Wildman–Crippen LogP) is 3.41. The van der Waals surface area contributed by atoms with Gasteiger partial charge in [0.1, 0.15) is 6.20 Å². The third-order valence-electron chi connectivity index (χ3n) is 5.58. The first-order valence-electron chi connectivity index (χ1n) is 11.1. The van der Waals surface area contributed by atoms with E-state index in [9.17, 15) is 19.5 Å². The Morgan fingerprint density at radius 3 is 2.44 bits per heavy atom. The van der Waals surface area contributed by atoms with Crippen molar-refractivity contribution in [3.8, 4) is 5.69 Å². The Labute approximate surface area is 216 Å². The minimum atomic E-state index is -1.07. The summed E-state index contributed by atoms with van der Waals surface area (Å²) in [6, 6.07) is 20.5. The zero-order chi connectivity index (χ0) is 25.7. The molecule has 0 aliphatic carbocycles. The Morgan fingerprint density at radius 1 is 0.972 bits per heavy atom. The maximum Gasteiger partial charge on any atom is 0.352 e. The van der Waals surface area contributed by atoms with E-state index in [-0.39, 0.29) is 22.8 Å². The Balaban J connectivity index is 1.56. The van der Waals surface area contributed by atoms with Crippen LogP contribution in [-0.4, -0.2) is 31.9 Å². The highest BCUT2D eigenvalue weighted by atomic mass is 35.5. The number of amides is 1. The molecule has 0 saturated heterocycles. The average molecular weight is 525 g/mol. The topological polar surface area (TPSA) is 106 Å². The predicted molar refractivity (Wildman–Crippen MR) is 138 cm³/mol. The summed E-state index contributed by atoms with van der Waals surface area (Å²) in [4.78, 5) is 38.3. The van der Waals surface area contributed by atoms with Gasteiger partial charge in [0.05, 0.1) is 28.9 Å². The molecule has 0 spiro atoms. The zero-order valence-corrected chi connectivity index (χ0v) is 20.5. The van der Waals surface area contributed by atoms with Crippen molar-refractivity contribution in [2.75, 3.05) is 6.54 Å². The summed E-state index contributed by atoms with van der Waals surface area (Å²) >= 11 is 12.4. The molecule has 1 atom stereocenters. The third kappa shape index (κ3) is 5.73. The molecule has 1 aromatic heterocycles. The minimum Gasteiger partial charge on any atom is -0.387 e. The van der Waals surface area contributed by atoms with Crippen LogP contribution in [0.2, 0.25) is 10.0 Å². The van der Waals surface area contributed by atoms with Gasteiger partial charge in [0.25, 0.3) is 11.5 Å². The van der Waals surface area contributed by atoms with E-state index in [0.29, 0.717) is 23.6 Å². The van der Waals surface area contributed by atoms with Gasteiger partial charge >= 0.3 is 5.69 Å². The van der Waals surface area contributed by atoms with Crippen molar-refractivity contribution >= 4 is 29.1 Å². The summed E-state index contributed by atoms with van der Waals surface area (Å²) in [5.74, 6) is -0.435. The molecule has 1 heterocycles. The SMILES string of the molecule is O=C(NCCc1ccccc1Cl)c1cc(-n2ncc(=O)n(CC(O)c3ccccc3)c2=O)ccc1Cl. The van der Waals surface area contributed by atoms with E-state index in [0.717, 1.165) is 21.0 Å². The molecule has 8 nitrogen and oxygen atoms in total. The summed E-state index contributed by atoms with van der Waals surface area (Å²) in [6.45, 7) is 0.0662. The van der Waals surface area contributed by atoms with Gasteiger partial charge in [-0.3, -0.25) is 14.2 Å². The molecule has 0 bridgehead atoms. The van der Waals surface area contributed by atoms with Gasteiger partial charge in [-0.1, -0.05) is 71.7 Å². The largest absolute Gasteiger partial charge is 0.387 e. The Bertz CT molecular complexity index is 1500. The van der Waals surface area contributed by atoms with Crippen molar-refractivity contribution in [3.05, 3.63) is 127 Å². The number of aliphatic hydroxyl groups is 1. The molecule has 4 aromatic rings. The number of carbonyl (C=O) groups is 1. The summed E-state index contributed by atoms with van der Waals surface area (Å²) < 4.78 is 1.87. The van der Waals surface area contributed by atoms with Gasteiger partial charge in [0.15, 0.2) is 0 Å². The maximum absolute atomic E-state index is 13.1. The lowest BCUT2D eigenvalue weighted by Gasteiger charge is -2.14. The summed E-state index contributed by atoms with van der Waals surface area (Å²) in [7, 11) is 0. The number of nitrogens with zero attached hydrogens (tertiary/aromatic N) is 3. The number of nitrogens with one attached hydrogen (secondary N) is 1. The molecule has 0 aliphatic rings. The fourth-order valence-corrected chi connectivity index (χ4v) is 4.09. The fourth-order valence-electron chi connectivity index (χ4n) is 3.66. The number of aliphatic hydroxyl groups excluding tert-OH is 1. The number of hydrogen-bond acceptors (Lipinski definition) is 5. The van der Waals surface area contributed by atoms with Crippen LogP contribution in [-0.2, 0) is 13.0 Å². The van der Waals surface area contributed by atoms with Gasteiger partial charge in [-0.15, -0.1) is 0 Å². The Morgan fingerprint density at radius 2 is 1.69 bits per heavy atom. The van der Waals surface area contributed by atoms with Gasteiger partial charge in [0, 0.05) is 11.6 Å². The molecular formula is C26H22Cl2N4O4. The molecule has 1 amide bonds. The average Bonchev–Trinajstić information content (AvgIpc) is 2.88. The second-order valence-corrected chi connectivity index (χ2v) is 8.79. The zero-order valence-electron chi connectivity index (χ0n) is 19.0. The molecule has 4 rings (SSSR count).